The van der Waals surface area contributed by atoms with Gasteiger partial charge >= 0.3 is 6.09 Å². The fraction of sp³-hybridized carbons (Fsp3) is 0.500. The van der Waals surface area contributed by atoms with Crippen LogP contribution >= 0.6 is 0 Å². The van der Waals surface area contributed by atoms with Crippen LogP contribution in [0.1, 0.15) is 26.3 Å². The van der Waals surface area contributed by atoms with E-state index < -0.39 is 5.60 Å². The fourth-order valence-corrected chi connectivity index (χ4v) is 2.31. The van der Waals surface area contributed by atoms with Gasteiger partial charge in [-0.15, -0.1) is 0 Å². The molecular weight excluding hydrogens is 280 g/mol. The number of nitrogens with two attached hydrogens (primary N) is 1. The second kappa shape index (κ2) is 6.14. The molecular formula is C16H22N4O2. The Hall–Kier alpha value is -2.42. The van der Waals surface area contributed by atoms with Gasteiger partial charge in [-0.1, -0.05) is 0 Å². The third-order valence-electron chi connectivity index (χ3n) is 3.45. The summed E-state index contributed by atoms with van der Waals surface area (Å²) in [5.41, 5.74) is 7.18. The van der Waals surface area contributed by atoms with E-state index in [-0.39, 0.29) is 6.09 Å². The van der Waals surface area contributed by atoms with Gasteiger partial charge in [-0.05, 0) is 39.0 Å². The maximum absolute atomic E-state index is 12.0. The zero-order valence-electron chi connectivity index (χ0n) is 13.3. The van der Waals surface area contributed by atoms with Crippen molar-refractivity contribution in [1.29, 1.82) is 5.26 Å². The predicted octanol–water partition coefficient (Wildman–Crippen LogP) is 2.20. The van der Waals surface area contributed by atoms with E-state index in [9.17, 15) is 4.79 Å². The zero-order chi connectivity index (χ0) is 16.3. The number of hydrogen-bond donors (Lipinski definition) is 1. The van der Waals surface area contributed by atoms with Gasteiger partial charge < -0.3 is 20.3 Å². The van der Waals surface area contributed by atoms with Crippen molar-refractivity contribution in [3.8, 4) is 6.07 Å². The number of ether oxygens (including phenoxy) is 1. The maximum Gasteiger partial charge on any atom is 0.410 e. The number of piperazine rings is 1. The highest BCUT2D eigenvalue weighted by Crippen LogP contribution is 2.22. The Balaban J connectivity index is 1.98. The predicted molar refractivity (Wildman–Crippen MR) is 85.6 cm³/mol. The maximum atomic E-state index is 12.0. The molecule has 6 heteroatoms. The summed E-state index contributed by atoms with van der Waals surface area (Å²) >= 11 is 0. The van der Waals surface area contributed by atoms with Crippen LogP contribution < -0.4 is 10.6 Å². The van der Waals surface area contributed by atoms with E-state index in [2.05, 4.69) is 11.0 Å². The van der Waals surface area contributed by atoms with Gasteiger partial charge in [0.15, 0.2) is 0 Å². The Kier molecular flexibility index (Phi) is 4.45. The summed E-state index contributed by atoms with van der Waals surface area (Å²) < 4.78 is 5.38. The molecule has 0 radical (unpaired) electrons. The van der Waals surface area contributed by atoms with Gasteiger partial charge in [0.25, 0.3) is 0 Å². The molecule has 0 atom stereocenters. The first-order chi connectivity index (χ1) is 10.3. The SMILES string of the molecule is CC(C)(C)OC(=O)N1CCN(c2ccc(N)c(C#N)c2)CC1. The highest BCUT2D eigenvalue weighted by molar-refractivity contribution is 5.69. The lowest BCUT2D eigenvalue weighted by Crippen LogP contribution is -2.50. The first kappa shape index (κ1) is 16.0. The average Bonchev–Trinajstić information content (AvgIpc) is 2.46. The van der Waals surface area contributed by atoms with Gasteiger partial charge in [-0.25, -0.2) is 4.79 Å². The monoisotopic (exact) mass is 302 g/mol. The van der Waals surface area contributed by atoms with Crippen molar-refractivity contribution in [2.24, 2.45) is 0 Å². The molecule has 1 saturated heterocycles. The molecule has 1 heterocycles. The molecule has 1 aromatic carbocycles. The van der Waals surface area contributed by atoms with Crippen LogP contribution in [0.4, 0.5) is 16.2 Å². The second-order valence-electron chi connectivity index (χ2n) is 6.34. The molecule has 6 nitrogen and oxygen atoms in total. The number of anilines is 2. The number of nitriles is 1. The molecule has 1 aliphatic heterocycles. The van der Waals surface area contributed by atoms with Crippen LogP contribution in [0.15, 0.2) is 18.2 Å². The van der Waals surface area contributed by atoms with Crippen molar-refractivity contribution in [3.05, 3.63) is 23.8 Å². The van der Waals surface area contributed by atoms with Crippen molar-refractivity contribution in [1.82, 2.24) is 4.90 Å². The van der Waals surface area contributed by atoms with Gasteiger partial charge in [0.1, 0.15) is 11.7 Å². The molecule has 1 amide bonds. The molecule has 2 N–H and O–H groups in total. The van der Waals surface area contributed by atoms with Crippen LogP contribution in [0.25, 0.3) is 0 Å². The number of nitrogen functional groups attached to an aromatic ring is 1. The Bertz CT molecular complexity index is 593. The second-order valence-corrected chi connectivity index (χ2v) is 6.34. The lowest BCUT2D eigenvalue weighted by molar-refractivity contribution is 0.0240. The van der Waals surface area contributed by atoms with Gasteiger partial charge in [-0.2, -0.15) is 5.26 Å². The van der Waals surface area contributed by atoms with Gasteiger partial charge in [-0.3, -0.25) is 0 Å². The largest absolute Gasteiger partial charge is 0.444 e. The van der Waals surface area contributed by atoms with Crippen molar-refractivity contribution in [3.63, 3.8) is 0 Å². The summed E-state index contributed by atoms with van der Waals surface area (Å²) in [6.45, 7) is 8.18. The number of carbonyl (C=O) groups is 1. The topological polar surface area (TPSA) is 82.6 Å². The normalized spacial score (nSPS) is 15.4. The molecule has 0 aromatic heterocycles. The highest BCUT2D eigenvalue weighted by Gasteiger charge is 2.26. The molecule has 2 rings (SSSR count). The number of amides is 1. The van der Waals surface area contributed by atoms with Crippen molar-refractivity contribution >= 4 is 17.5 Å². The Morgan fingerprint density at radius 2 is 1.91 bits per heavy atom. The summed E-state index contributed by atoms with van der Waals surface area (Å²) in [7, 11) is 0. The van der Waals surface area contributed by atoms with E-state index in [1.54, 1.807) is 17.0 Å². The van der Waals surface area contributed by atoms with Crippen molar-refractivity contribution in [2.45, 2.75) is 26.4 Å². The van der Waals surface area contributed by atoms with Crippen molar-refractivity contribution < 1.29 is 9.53 Å². The minimum Gasteiger partial charge on any atom is -0.444 e. The molecule has 1 fully saturated rings. The summed E-state index contributed by atoms with van der Waals surface area (Å²) in [5.74, 6) is 0. The third-order valence-corrected chi connectivity index (χ3v) is 3.45. The minimum absolute atomic E-state index is 0.276. The third kappa shape index (κ3) is 3.82. The number of benzene rings is 1. The van der Waals surface area contributed by atoms with E-state index in [1.807, 2.05) is 26.8 Å². The first-order valence-corrected chi connectivity index (χ1v) is 7.32. The van der Waals surface area contributed by atoms with E-state index in [0.717, 1.165) is 5.69 Å². The standard InChI is InChI=1S/C16H22N4O2/c1-16(2,3)22-15(21)20-8-6-19(7-9-20)13-4-5-14(18)12(10-13)11-17/h4-5,10H,6-9,18H2,1-3H3. The molecule has 22 heavy (non-hydrogen) atoms. The Morgan fingerprint density at radius 3 is 2.45 bits per heavy atom. The summed E-state index contributed by atoms with van der Waals surface area (Å²) in [4.78, 5) is 15.9. The Labute approximate surface area is 131 Å². The van der Waals surface area contributed by atoms with Crippen LogP contribution in [0.2, 0.25) is 0 Å². The average molecular weight is 302 g/mol. The number of carbonyl (C=O) groups excluding carboxylic acids is 1. The molecule has 1 aromatic rings. The smallest absolute Gasteiger partial charge is 0.410 e. The van der Waals surface area contributed by atoms with E-state index in [0.29, 0.717) is 37.4 Å². The van der Waals surface area contributed by atoms with E-state index in [1.165, 1.54) is 0 Å². The van der Waals surface area contributed by atoms with Crippen LogP contribution in [0.5, 0.6) is 0 Å². The quantitative estimate of drug-likeness (QED) is 0.804. The molecule has 0 spiro atoms. The summed E-state index contributed by atoms with van der Waals surface area (Å²) in [5, 5.41) is 9.05. The summed E-state index contributed by atoms with van der Waals surface area (Å²) in [6, 6.07) is 7.53. The highest BCUT2D eigenvalue weighted by atomic mass is 16.6. The molecule has 0 saturated carbocycles. The fourth-order valence-electron chi connectivity index (χ4n) is 2.31. The number of hydrogen-bond acceptors (Lipinski definition) is 5. The van der Waals surface area contributed by atoms with Crippen LogP contribution in [0.3, 0.4) is 0 Å². The summed E-state index contributed by atoms with van der Waals surface area (Å²) in [6.07, 6.45) is -0.276. The van der Waals surface area contributed by atoms with Gasteiger partial charge in [0.05, 0.1) is 5.56 Å². The molecule has 1 aliphatic rings. The molecule has 0 unspecified atom stereocenters. The molecule has 0 bridgehead atoms. The van der Waals surface area contributed by atoms with E-state index >= 15 is 0 Å². The van der Waals surface area contributed by atoms with E-state index in [4.69, 9.17) is 15.7 Å². The zero-order valence-corrected chi connectivity index (χ0v) is 13.3. The minimum atomic E-state index is -0.479. The molecule has 118 valence electrons. The lowest BCUT2D eigenvalue weighted by Gasteiger charge is -2.36. The number of nitrogens with zero attached hydrogens (tertiary/aromatic N) is 3. The Morgan fingerprint density at radius 1 is 1.27 bits per heavy atom. The van der Waals surface area contributed by atoms with Crippen LogP contribution in [-0.4, -0.2) is 42.8 Å². The lowest BCUT2D eigenvalue weighted by atomic mass is 10.1. The van der Waals surface area contributed by atoms with Crippen LogP contribution in [0, 0.1) is 11.3 Å². The van der Waals surface area contributed by atoms with Crippen LogP contribution in [-0.2, 0) is 4.74 Å². The first-order valence-electron chi connectivity index (χ1n) is 7.32. The van der Waals surface area contributed by atoms with Gasteiger partial charge in [0.2, 0.25) is 0 Å². The number of rotatable bonds is 1. The molecule has 0 aliphatic carbocycles. The van der Waals surface area contributed by atoms with Gasteiger partial charge in [0, 0.05) is 37.6 Å². The van der Waals surface area contributed by atoms with Crippen molar-refractivity contribution in [2.75, 3.05) is 36.8 Å².